The lowest BCUT2D eigenvalue weighted by molar-refractivity contribution is -0.118. The molecule has 2 amide bonds. The first-order chi connectivity index (χ1) is 16.7. The molecule has 6 nitrogen and oxygen atoms in total. The molecule has 9 heteroatoms. The zero-order valence-corrected chi connectivity index (χ0v) is 21.1. The summed E-state index contributed by atoms with van der Waals surface area (Å²) in [6.07, 6.45) is 1.36. The van der Waals surface area contributed by atoms with Crippen molar-refractivity contribution in [1.29, 1.82) is 5.26 Å². The summed E-state index contributed by atoms with van der Waals surface area (Å²) in [5.74, 6) is -0.753. The van der Waals surface area contributed by atoms with Crippen LogP contribution in [0.15, 0.2) is 60.2 Å². The topological polar surface area (TPSA) is 91.2 Å². The number of halogens is 3. The van der Waals surface area contributed by atoms with Gasteiger partial charge in [0.25, 0.3) is 11.8 Å². The number of carbonyl (C=O) groups is 2. The summed E-state index contributed by atoms with van der Waals surface area (Å²) in [7, 11) is 0. The molecule has 0 atom stereocenters. The predicted molar refractivity (Wildman–Crippen MR) is 140 cm³/mol. The Balaban J connectivity index is 1.76. The highest BCUT2D eigenvalue weighted by molar-refractivity contribution is 6.42. The van der Waals surface area contributed by atoms with E-state index in [9.17, 15) is 14.9 Å². The molecule has 2 N–H and O–H groups in total. The molecular formula is C26H20Cl3N3O3. The van der Waals surface area contributed by atoms with E-state index in [4.69, 9.17) is 39.5 Å². The van der Waals surface area contributed by atoms with Crippen molar-refractivity contribution in [1.82, 2.24) is 0 Å². The van der Waals surface area contributed by atoms with Crippen molar-refractivity contribution >= 4 is 64.1 Å². The van der Waals surface area contributed by atoms with Crippen LogP contribution in [0.1, 0.15) is 16.7 Å². The van der Waals surface area contributed by atoms with Crippen molar-refractivity contribution in [3.05, 3.63) is 91.9 Å². The summed E-state index contributed by atoms with van der Waals surface area (Å²) in [5.41, 5.74) is 3.19. The Hall–Kier alpha value is -3.50. The van der Waals surface area contributed by atoms with E-state index in [1.807, 2.05) is 32.0 Å². The third kappa shape index (κ3) is 7.00. The first-order valence-electron chi connectivity index (χ1n) is 10.3. The molecule has 3 aromatic rings. The quantitative estimate of drug-likeness (QED) is 0.260. The number of hydrogen-bond donors (Lipinski definition) is 2. The maximum Gasteiger partial charge on any atom is 0.266 e. The van der Waals surface area contributed by atoms with Crippen molar-refractivity contribution in [2.75, 3.05) is 17.2 Å². The minimum atomic E-state index is -0.579. The van der Waals surface area contributed by atoms with Crippen LogP contribution in [-0.4, -0.2) is 18.4 Å². The number of hydrogen-bond acceptors (Lipinski definition) is 4. The van der Waals surface area contributed by atoms with Gasteiger partial charge in [0, 0.05) is 22.0 Å². The van der Waals surface area contributed by atoms with Gasteiger partial charge in [-0.15, -0.1) is 0 Å². The maximum atomic E-state index is 12.8. The smallest absolute Gasteiger partial charge is 0.266 e. The summed E-state index contributed by atoms with van der Waals surface area (Å²) in [4.78, 5) is 25.1. The van der Waals surface area contributed by atoms with Crippen LogP contribution in [0.3, 0.4) is 0 Å². The highest BCUT2D eigenvalue weighted by Crippen LogP contribution is 2.27. The highest BCUT2D eigenvalue weighted by atomic mass is 35.5. The fraction of sp³-hybridized carbons (Fsp3) is 0.115. The van der Waals surface area contributed by atoms with E-state index < -0.39 is 11.8 Å². The molecule has 0 saturated heterocycles. The Morgan fingerprint density at radius 2 is 1.77 bits per heavy atom. The van der Waals surface area contributed by atoms with Gasteiger partial charge in [-0.25, -0.2) is 0 Å². The predicted octanol–water partition coefficient (Wildman–Crippen LogP) is 6.83. The van der Waals surface area contributed by atoms with Crippen molar-refractivity contribution in [2.24, 2.45) is 0 Å². The van der Waals surface area contributed by atoms with Crippen LogP contribution >= 0.6 is 34.8 Å². The summed E-state index contributed by atoms with van der Waals surface area (Å²) < 4.78 is 5.64. The second-order valence-electron chi connectivity index (χ2n) is 7.52. The molecule has 0 fully saturated rings. The van der Waals surface area contributed by atoms with E-state index in [1.165, 1.54) is 18.2 Å². The lowest BCUT2D eigenvalue weighted by Crippen LogP contribution is -2.20. The lowest BCUT2D eigenvalue weighted by atomic mass is 10.1. The number of benzene rings is 3. The average Bonchev–Trinajstić information content (AvgIpc) is 2.82. The molecule has 0 saturated carbocycles. The molecule has 0 aliphatic carbocycles. The van der Waals surface area contributed by atoms with Crippen LogP contribution in [0.4, 0.5) is 11.4 Å². The third-order valence-electron chi connectivity index (χ3n) is 5.05. The average molecular weight is 529 g/mol. The van der Waals surface area contributed by atoms with Gasteiger partial charge in [0.1, 0.15) is 17.4 Å². The van der Waals surface area contributed by atoms with E-state index in [0.29, 0.717) is 32.0 Å². The van der Waals surface area contributed by atoms with Crippen molar-refractivity contribution in [3.8, 4) is 11.8 Å². The maximum absolute atomic E-state index is 12.8. The molecule has 0 bridgehead atoms. The monoisotopic (exact) mass is 527 g/mol. The molecule has 178 valence electrons. The number of amides is 2. The van der Waals surface area contributed by atoms with Gasteiger partial charge < -0.3 is 15.4 Å². The lowest BCUT2D eigenvalue weighted by Gasteiger charge is -2.12. The Kier molecular flexibility index (Phi) is 8.78. The summed E-state index contributed by atoms with van der Waals surface area (Å²) in [5, 5.41) is 16.1. The normalized spacial score (nSPS) is 10.9. The standard InChI is InChI=1S/C26H20Cl3N3O3/c1-15-4-3-5-23(16(15)2)32-26(34)18(13-30)10-17-11-19(27)6-9-24(17)35-14-25(33)31-20-7-8-21(28)22(29)12-20/h3-12H,14H2,1-2H3,(H,31,33)(H,32,34)/b18-10-. The molecule has 0 radical (unpaired) electrons. The summed E-state index contributed by atoms with van der Waals surface area (Å²) >= 11 is 18.0. The minimum Gasteiger partial charge on any atom is -0.483 e. The Bertz CT molecular complexity index is 1360. The van der Waals surface area contributed by atoms with Crippen molar-refractivity contribution in [3.63, 3.8) is 0 Å². The number of nitrogens with zero attached hydrogens (tertiary/aromatic N) is 1. The van der Waals surface area contributed by atoms with Crippen LogP contribution < -0.4 is 15.4 Å². The number of ether oxygens (including phenoxy) is 1. The zero-order valence-electron chi connectivity index (χ0n) is 18.8. The number of carbonyl (C=O) groups excluding carboxylic acids is 2. The second kappa shape index (κ2) is 11.8. The Morgan fingerprint density at radius 1 is 1.00 bits per heavy atom. The molecule has 0 heterocycles. The highest BCUT2D eigenvalue weighted by Gasteiger charge is 2.14. The molecular weight excluding hydrogens is 509 g/mol. The van der Waals surface area contributed by atoms with E-state index >= 15 is 0 Å². The molecule has 0 aliphatic heterocycles. The van der Waals surface area contributed by atoms with Crippen LogP contribution in [0.25, 0.3) is 6.08 Å². The second-order valence-corrected chi connectivity index (χ2v) is 8.77. The first-order valence-corrected chi connectivity index (χ1v) is 11.5. The van der Waals surface area contributed by atoms with Crippen molar-refractivity contribution in [2.45, 2.75) is 13.8 Å². The number of aryl methyl sites for hydroxylation is 1. The van der Waals surface area contributed by atoms with Gasteiger partial charge in [0.15, 0.2) is 6.61 Å². The van der Waals surface area contributed by atoms with E-state index in [1.54, 1.807) is 30.3 Å². The largest absolute Gasteiger partial charge is 0.483 e. The fourth-order valence-electron chi connectivity index (χ4n) is 3.06. The Morgan fingerprint density at radius 3 is 2.49 bits per heavy atom. The van der Waals surface area contributed by atoms with Crippen LogP contribution in [0, 0.1) is 25.2 Å². The number of nitrogens with one attached hydrogen (secondary N) is 2. The summed E-state index contributed by atoms with van der Waals surface area (Å²) in [6.45, 7) is 3.48. The van der Waals surface area contributed by atoms with Gasteiger partial charge in [-0.1, -0.05) is 46.9 Å². The molecule has 0 spiro atoms. The molecule has 35 heavy (non-hydrogen) atoms. The first kappa shape index (κ1) is 26.1. The third-order valence-corrected chi connectivity index (χ3v) is 6.03. The van der Waals surface area contributed by atoms with Gasteiger partial charge in [0.05, 0.1) is 10.0 Å². The molecule has 3 rings (SSSR count). The van der Waals surface area contributed by atoms with E-state index in [0.717, 1.165) is 11.1 Å². The van der Waals surface area contributed by atoms with Gasteiger partial charge in [-0.2, -0.15) is 5.26 Å². The van der Waals surface area contributed by atoms with Gasteiger partial charge >= 0.3 is 0 Å². The number of rotatable bonds is 7. The minimum absolute atomic E-state index is 0.154. The van der Waals surface area contributed by atoms with Gasteiger partial charge in [-0.3, -0.25) is 9.59 Å². The fourth-order valence-corrected chi connectivity index (χ4v) is 3.54. The van der Waals surface area contributed by atoms with Crippen LogP contribution in [0.5, 0.6) is 5.75 Å². The Labute approximate surface area is 218 Å². The number of nitriles is 1. The van der Waals surface area contributed by atoms with Crippen LogP contribution in [0.2, 0.25) is 15.1 Å². The van der Waals surface area contributed by atoms with Gasteiger partial charge in [0.2, 0.25) is 0 Å². The van der Waals surface area contributed by atoms with E-state index in [-0.39, 0.29) is 17.9 Å². The summed E-state index contributed by atoms with van der Waals surface area (Å²) in [6, 6.07) is 16.8. The molecule has 0 aromatic heterocycles. The molecule has 0 aliphatic rings. The zero-order chi connectivity index (χ0) is 25.5. The SMILES string of the molecule is Cc1cccc(NC(=O)/C(C#N)=C\c2cc(Cl)ccc2OCC(=O)Nc2ccc(Cl)c(Cl)c2)c1C. The van der Waals surface area contributed by atoms with Crippen molar-refractivity contribution < 1.29 is 14.3 Å². The van der Waals surface area contributed by atoms with Crippen LogP contribution in [-0.2, 0) is 9.59 Å². The molecule has 3 aromatic carbocycles. The van der Waals surface area contributed by atoms with E-state index in [2.05, 4.69) is 10.6 Å². The molecule has 0 unspecified atom stereocenters. The van der Waals surface area contributed by atoms with Gasteiger partial charge in [-0.05, 0) is 73.5 Å². The number of anilines is 2.